The maximum Gasteiger partial charge on any atom is 0.0963 e. The van der Waals surface area contributed by atoms with Crippen molar-refractivity contribution in [2.75, 3.05) is 6.61 Å². The molecule has 3 nitrogen and oxygen atoms in total. The fourth-order valence-electron chi connectivity index (χ4n) is 4.17. The Kier molecular flexibility index (Phi) is 3.22. The molecule has 0 aromatic carbocycles. The highest BCUT2D eigenvalue weighted by Gasteiger charge is 2.48. The molecule has 0 bridgehead atoms. The van der Waals surface area contributed by atoms with Crippen molar-refractivity contribution in [2.45, 2.75) is 52.2 Å². The van der Waals surface area contributed by atoms with Crippen LogP contribution in [-0.2, 0) is 11.2 Å². The van der Waals surface area contributed by atoms with E-state index in [-0.39, 0.29) is 6.10 Å². The molecule has 3 heteroatoms. The Hall–Kier alpha value is -0.800. The summed E-state index contributed by atoms with van der Waals surface area (Å²) in [5.41, 5.74) is 2.40. The number of rotatable bonds is 2. The Labute approximate surface area is 115 Å². The second kappa shape index (κ2) is 4.64. The van der Waals surface area contributed by atoms with Gasteiger partial charge in [0.25, 0.3) is 0 Å². The maximum atomic E-state index is 10.7. The van der Waals surface area contributed by atoms with Crippen LogP contribution >= 0.6 is 0 Å². The predicted molar refractivity (Wildman–Crippen MR) is 72.8 cm³/mol. The molecular weight excluding hydrogens is 240 g/mol. The first-order chi connectivity index (χ1) is 9.02. The van der Waals surface area contributed by atoms with Gasteiger partial charge in [0.15, 0.2) is 0 Å². The molecule has 1 aromatic rings. The molecule has 0 amide bonds. The van der Waals surface area contributed by atoms with Crippen LogP contribution in [0.1, 0.15) is 50.8 Å². The molecule has 19 heavy (non-hydrogen) atoms. The molecule has 0 radical (unpaired) electrons. The summed E-state index contributed by atoms with van der Waals surface area (Å²) in [5, 5.41) is 10.7. The fraction of sp³-hybridized carbons (Fsp3) is 0.750. The summed E-state index contributed by atoms with van der Waals surface area (Å²) in [6.45, 7) is 7.38. The van der Waals surface area contributed by atoms with Crippen LogP contribution in [0.4, 0.5) is 0 Å². The third-order valence-electron chi connectivity index (χ3n) is 4.91. The SMILES string of the molecule is CCO[C@@H]1Cc2cocc2[C@H](O)[C@H]2CC(C)(C)C[C@H]21. The van der Waals surface area contributed by atoms with Gasteiger partial charge in [-0.2, -0.15) is 0 Å². The molecule has 1 fully saturated rings. The summed E-state index contributed by atoms with van der Waals surface area (Å²) in [7, 11) is 0. The van der Waals surface area contributed by atoms with E-state index < -0.39 is 6.10 Å². The topological polar surface area (TPSA) is 42.6 Å². The van der Waals surface area contributed by atoms with E-state index in [0.29, 0.717) is 17.3 Å². The summed E-state index contributed by atoms with van der Waals surface area (Å²) >= 11 is 0. The molecule has 1 aromatic heterocycles. The average Bonchev–Trinajstić information content (AvgIpc) is 2.89. The highest BCUT2D eigenvalue weighted by molar-refractivity contribution is 5.28. The van der Waals surface area contributed by atoms with Gasteiger partial charge in [-0.05, 0) is 42.6 Å². The van der Waals surface area contributed by atoms with Gasteiger partial charge in [0, 0.05) is 18.6 Å². The molecule has 0 saturated heterocycles. The summed E-state index contributed by atoms with van der Waals surface area (Å²) in [6, 6.07) is 0. The lowest BCUT2D eigenvalue weighted by atomic mass is 9.86. The van der Waals surface area contributed by atoms with Crippen molar-refractivity contribution in [3.63, 3.8) is 0 Å². The first kappa shape index (κ1) is 13.2. The van der Waals surface area contributed by atoms with Gasteiger partial charge in [-0.15, -0.1) is 0 Å². The van der Waals surface area contributed by atoms with Gasteiger partial charge in [0.2, 0.25) is 0 Å². The standard InChI is InChI=1S/C16H24O3/c1-4-19-14-5-10-8-18-9-13(10)15(17)12-7-16(2,3)6-11(12)14/h8-9,11-12,14-15,17H,4-7H2,1-3H3/t11-,12+,14-,15-/m1/s1. The first-order valence-corrected chi connectivity index (χ1v) is 7.36. The van der Waals surface area contributed by atoms with Crippen molar-refractivity contribution >= 4 is 0 Å². The van der Waals surface area contributed by atoms with Gasteiger partial charge in [-0.3, -0.25) is 0 Å². The Morgan fingerprint density at radius 2 is 2.05 bits per heavy atom. The molecule has 1 N–H and O–H groups in total. The van der Waals surface area contributed by atoms with Crippen LogP contribution < -0.4 is 0 Å². The normalized spacial score (nSPS) is 36.6. The monoisotopic (exact) mass is 264 g/mol. The molecule has 1 saturated carbocycles. The van der Waals surface area contributed by atoms with Crippen LogP contribution in [0.25, 0.3) is 0 Å². The second-order valence-electron chi connectivity index (χ2n) is 6.90. The van der Waals surface area contributed by atoms with Crippen LogP contribution in [0, 0.1) is 17.3 Å². The molecule has 106 valence electrons. The van der Waals surface area contributed by atoms with Gasteiger partial charge in [0.05, 0.1) is 24.7 Å². The van der Waals surface area contributed by atoms with E-state index in [2.05, 4.69) is 13.8 Å². The Balaban J connectivity index is 1.97. The first-order valence-electron chi connectivity index (χ1n) is 7.36. The molecular formula is C16H24O3. The van der Waals surface area contributed by atoms with Crippen molar-refractivity contribution in [2.24, 2.45) is 17.3 Å². The third-order valence-corrected chi connectivity index (χ3v) is 4.91. The van der Waals surface area contributed by atoms with E-state index in [0.717, 1.165) is 37.0 Å². The van der Waals surface area contributed by atoms with Gasteiger partial charge >= 0.3 is 0 Å². The van der Waals surface area contributed by atoms with Crippen LogP contribution in [0.3, 0.4) is 0 Å². The lowest BCUT2D eigenvalue weighted by Gasteiger charge is -2.27. The number of hydrogen-bond donors (Lipinski definition) is 1. The number of aliphatic hydroxyl groups excluding tert-OH is 1. The molecule has 0 aliphatic heterocycles. The largest absolute Gasteiger partial charge is 0.472 e. The van der Waals surface area contributed by atoms with Gasteiger partial charge < -0.3 is 14.3 Å². The molecule has 4 atom stereocenters. The predicted octanol–water partition coefficient (Wildman–Crippen LogP) is 3.33. The summed E-state index contributed by atoms with van der Waals surface area (Å²) < 4.78 is 11.3. The number of ether oxygens (including phenoxy) is 1. The van der Waals surface area contributed by atoms with E-state index in [1.165, 1.54) is 0 Å². The lowest BCUT2D eigenvalue weighted by molar-refractivity contribution is -0.0149. The van der Waals surface area contributed by atoms with Gasteiger partial charge in [0.1, 0.15) is 0 Å². The maximum absolute atomic E-state index is 10.7. The summed E-state index contributed by atoms with van der Waals surface area (Å²) in [4.78, 5) is 0. The van der Waals surface area contributed by atoms with E-state index in [4.69, 9.17) is 9.15 Å². The van der Waals surface area contributed by atoms with E-state index in [1.54, 1.807) is 12.5 Å². The quantitative estimate of drug-likeness (QED) is 0.891. The summed E-state index contributed by atoms with van der Waals surface area (Å²) in [5.74, 6) is 0.753. The van der Waals surface area contributed by atoms with Crippen LogP contribution in [0.5, 0.6) is 0 Å². The smallest absolute Gasteiger partial charge is 0.0963 e. The van der Waals surface area contributed by atoms with Crippen molar-refractivity contribution in [1.82, 2.24) is 0 Å². The lowest BCUT2D eigenvalue weighted by Crippen LogP contribution is -2.29. The van der Waals surface area contributed by atoms with Crippen LogP contribution in [0.2, 0.25) is 0 Å². The van der Waals surface area contributed by atoms with Crippen LogP contribution in [-0.4, -0.2) is 17.8 Å². The van der Waals surface area contributed by atoms with Crippen LogP contribution in [0.15, 0.2) is 16.9 Å². The second-order valence-corrected chi connectivity index (χ2v) is 6.90. The zero-order valence-corrected chi connectivity index (χ0v) is 12.1. The van der Waals surface area contributed by atoms with Gasteiger partial charge in [-0.1, -0.05) is 13.8 Å². The third kappa shape index (κ3) is 2.23. The molecule has 2 aliphatic rings. The number of fused-ring (bicyclic) bond motifs is 2. The van der Waals surface area contributed by atoms with Crippen molar-refractivity contribution in [3.8, 4) is 0 Å². The van der Waals surface area contributed by atoms with Crippen molar-refractivity contribution < 1.29 is 14.3 Å². The Bertz CT molecular complexity index is 449. The Morgan fingerprint density at radius 1 is 1.32 bits per heavy atom. The zero-order chi connectivity index (χ0) is 13.6. The molecule has 1 heterocycles. The number of aliphatic hydroxyl groups is 1. The van der Waals surface area contributed by atoms with Gasteiger partial charge in [-0.25, -0.2) is 0 Å². The molecule has 2 aliphatic carbocycles. The highest BCUT2D eigenvalue weighted by atomic mass is 16.5. The fourth-order valence-corrected chi connectivity index (χ4v) is 4.17. The molecule has 3 rings (SSSR count). The van der Waals surface area contributed by atoms with Crippen molar-refractivity contribution in [3.05, 3.63) is 23.7 Å². The Morgan fingerprint density at radius 3 is 2.79 bits per heavy atom. The average molecular weight is 264 g/mol. The van der Waals surface area contributed by atoms with E-state index in [1.807, 2.05) is 6.92 Å². The minimum absolute atomic E-state index is 0.213. The zero-order valence-electron chi connectivity index (χ0n) is 12.1. The van der Waals surface area contributed by atoms with E-state index >= 15 is 0 Å². The van der Waals surface area contributed by atoms with E-state index in [9.17, 15) is 5.11 Å². The number of furan rings is 1. The summed E-state index contributed by atoms with van der Waals surface area (Å²) in [6.07, 6.45) is 6.38. The van der Waals surface area contributed by atoms with Crippen molar-refractivity contribution in [1.29, 1.82) is 0 Å². The molecule has 0 spiro atoms. The highest BCUT2D eigenvalue weighted by Crippen LogP contribution is 2.54. The molecule has 0 unspecified atom stereocenters. The number of hydrogen-bond acceptors (Lipinski definition) is 3. The minimum atomic E-state index is -0.397. The minimum Gasteiger partial charge on any atom is -0.472 e.